The molecule has 1 amide bonds. The molecule has 0 aromatic heterocycles. The van der Waals surface area contributed by atoms with E-state index >= 15 is 0 Å². The van der Waals surface area contributed by atoms with E-state index in [4.69, 9.17) is 19.5 Å². The van der Waals surface area contributed by atoms with Crippen molar-refractivity contribution in [2.45, 2.75) is 66.6 Å². The van der Waals surface area contributed by atoms with Gasteiger partial charge in [-0.2, -0.15) is 4.89 Å². The summed E-state index contributed by atoms with van der Waals surface area (Å²) in [5, 5.41) is 2.48. The van der Waals surface area contributed by atoms with Crippen molar-refractivity contribution in [1.29, 1.82) is 0 Å². The van der Waals surface area contributed by atoms with Crippen molar-refractivity contribution < 1.29 is 24.2 Å². The first-order valence-electron chi connectivity index (χ1n) is 8.88. The van der Waals surface area contributed by atoms with Crippen molar-refractivity contribution >= 4 is 5.91 Å². The second-order valence-electron chi connectivity index (χ2n) is 8.92. The minimum Gasteiger partial charge on any atom is -0.361 e. The molecular formula is C19H28N2O5. The summed E-state index contributed by atoms with van der Waals surface area (Å²) in [5.74, 6) is -0.209. The molecule has 1 unspecified atom stereocenters. The Kier molecular flexibility index (Phi) is 5.11. The van der Waals surface area contributed by atoms with Gasteiger partial charge < -0.3 is 4.74 Å². The fourth-order valence-electron chi connectivity index (χ4n) is 2.96. The number of ether oxygens (including phenoxy) is 1. The molecule has 3 atom stereocenters. The summed E-state index contributed by atoms with van der Waals surface area (Å²) in [6.45, 7) is 12.4. The Bertz CT molecular complexity index is 638. The lowest BCUT2D eigenvalue weighted by Crippen LogP contribution is -2.73. The Morgan fingerprint density at radius 3 is 2.23 bits per heavy atom. The molecule has 1 aromatic carbocycles. The number of hydrazine groups is 1. The van der Waals surface area contributed by atoms with Crippen LogP contribution in [-0.2, 0) is 30.9 Å². The molecule has 144 valence electrons. The summed E-state index contributed by atoms with van der Waals surface area (Å²) in [7, 11) is 0. The number of carbonyl (C=O) groups is 1. The van der Waals surface area contributed by atoms with Crippen molar-refractivity contribution in [3.05, 3.63) is 35.9 Å². The van der Waals surface area contributed by atoms with Gasteiger partial charge in [0, 0.05) is 5.41 Å². The SMILES string of the molecule is CC(C)(C)C1OON(N2C(=O)[C@@H](OCc3ccccc3)[C@H]2C(C)(C)C)O1. The third-order valence-corrected chi connectivity index (χ3v) is 4.44. The van der Waals surface area contributed by atoms with E-state index in [0.717, 1.165) is 10.9 Å². The van der Waals surface area contributed by atoms with Crippen molar-refractivity contribution in [2.75, 3.05) is 0 Å². The summed E-state index contributed by atoms with van der Waals surface area (Å²) in [5.41, 5.74) is 0.501. The predicted octanol–water partition coefficient (Wildman–Crippen LogP) is 3.23. The Balaban J connectivity index is 1.69. The van der Waals surface area contributed by atoms with Gasteiger partial charge in [0.15, 0.2) is 6.10 Å². The third-order valence-electron chi connectivity index (χ3n) is 4.44. The van der Waals surface area contributed by atoms with Crippen molar-refractivity contribution in [3.8, 4) is 0 Å². The molecule has 1 aromatic rings. The third kappa shape index (κ3) is 3.77. The highest BCUT2D eigenvalue weighted by Crippen LogP contribution is 2.41. The summed E-state index contributed by atoms with van der Waals surface area (Å²) < 4.78 is 5.93. The Labute approximate surface area is 154 Å². The Morgan fingerprint density at radius 1 is 1.04 bits per heavy atom. The molecule has 7 nitrogen and oxygen atoms in total. The van der Waals surface area contributed by atoms with Crippen LogP contribution in [0.4, 0.5) is 0 Å². The molecule has 2 aliphatic rings. The first-order chi connectivity index (χ1) is 12.1. The molecule has 0 spiro atoms. The van der Waals surface area contributed by atoms with Gasteiger partial charge in [0.05, 0.1) is 18.0 Å². The van der Waals surface area contributed by atoms with Crippen LogP contribution in [0.25, 0.3) is 0 Å². The fourth-order valence-corrected chi connectivity index (χ4v) is 2.96. The molecule has 3 rings (SSSR count). The maximum atomic E-state index is 12.7. The van der Waals surface area contributed by atoms with Gasteiger partial charge in [0.2, 0.25) is 6.29 Å². The van der Waals surface area contributed by atoms with Gasteiger partial charge >= 0.3 is 0 Å². The maximum Gasteiger partial charge on any atom is 0.272 e. The zero-order chi connectivity index (χ0) is 19.1. The molecule has 0 aliphatic carbocycles. The summed E-state index contributed by atoms with van der Waals surface area (Å²) in [4.78, 5) is 28.8. The lowest BCUT2D eigenvalue weighted by molar-refractivity contribution is -0.494. The van der Waals surface area contributed by atoms with Gasteiger partial charge in [-0.25, -0.2) is 9.85 Å². The molecule has 2 heterocycles. The van der Waals surface area contributed by atoms with E-state index in [9.17, 15) is 4.79 Å². The smallest absolute Gasteiger partial charge is 0.272 e. The average Bonchev–Trinajstić information content (AvgIpc) is 3.02. The fraction of sp³-hybridized carbons (Fsp3) is 0.632. The number of benzene rings is 1. The lowest BCUT2D eigenvalue weighted by Gasteiger charge is -2.52. The van der Waals surface area contributed by atoms with Crippen LogP contribution in [0, 0.1) is 10.8 Å². The summed E-state index contributed by atoms with van der Waals surface area (Å²) >= 11 is 0. The number of carbonyl (C=O) groups excluding carboxylic acids is 1. The molecular weight excluding hydrogens is 336 g/mol. The molecule has 0 bridgehead atoms. The van der Waals surface area contributed by atoms with Gasteiger partial charge in [-0.1, -0.05) is 76.9 Å². The minimum atomic E-state index is -0.597. The zero-order valence-electron chi connectivity index (χ0n) is 16.3. The van der Waals surface area contributed by atoms with Crippen LogP contribution in [0.5, 0.6) is 0 Å². The second-order valence-corrected chi connectivity index (χ2v) is 8.92. The minimum absolute atomic E-state index is 0.209. The van der Waals surface area contributed by atoms with Crippen LogP contribution in [-0.4, -0.2) is 34.7 Å². The zero-order valence-corrected chi connectivity index (χ0v) is 16.3. The monoisotopic (exact) mass is 364 g/mol. The van der Waals surface area contributed by atoms with Gasteiger partial charge in [-0.05, 0) is 11.0 Å². The predicted molar refractivity (Wildman–Crippen MR) is 93.4 cm³/mol. The maximum absolute atomic E-state index is 12.7. The molecule has 2 saturated heterocycles. The highest BCUT2D eigenvalue weighted by Gasteiger charge is 2.59. The highest BCUT2D eigenvalue weighted by atomic mass is 17.4. The van der Waals surface area contributed by atoms with Crippen LogP contribution in [0.15, 0.2) is 30.3 Å². The molecule has 2 fully saturated rings. The highest BCUT2D eigenvalue weighted by molar-refractivity contribution is 5.88. The first-order valence-corrected chi connectivity index (χ1v) is 8.88. The largest absolute Gasteiger partial charge is 0.361 e. The number of amides is 1. The van der Waals surface area contributed by atoms with Gasteiger partial charge in [0.1, 0.15) is 0 Å². The van der Waals surface area contributed by atoms with E-state index in [2.05, 4.69) is 0 Å². The molecule has 26 heavy (non-hydrogen) atoms. The quantitative estimate of drug-likeness (QED) is 0.604. The molecule has 0 radical (unpaired) electrons. The lowest BCUT2D eigenvalue weighted by atomic mass is 9.78. The Hall–Kier alpha value is -1.51. The van der Waals surface area contributed by atoms with E-state index in [1.807, 2.05) is 71.9 Å². The number of β-lactam (4-membered cyclic amide) rings is 1. The van der Waals surface area contributed by atoms with E-state index in [1.54, 1.807) is 0 Å². The summed E-state index contributed by atoms with van der Waals surface area (Å²) in [6, 6.07) is 9.56. The van der Waals surface area contributed by atoms with E-state index in [-0.39, 0.29) is 22.8 Å². The van der Waals surface area contributed by atoms with E-state index in [0.29, 0.717) is 6.61 Å². The number of hydrogen-bond acceptors (Lipinski definition) is 6. The van der Waals surface area contributed by atoms with Gasteiger partial charge in [0.25, 0.3) is 5.91 Å². The Morgan fingerprint density at radius 2 is 1.69 bits per heavy atom. The average molecular weight is 364 g/mol. The van der Waals surface area contributed by atoms with Crippen LogP contribution in [0.2, 0.25) is 0 Å². The van der Waals surface area contributed by atoms with Crippen LogP contribution in [0.1, 0.15) is 47.1 Å². The molecule has 7 heteroatoms. The van der Waals surface area contributed by atoms with Gasteiger partial charge in [-0.3, -0.25) is 4.79 Å². The molecule has 2 aliphatic heterocycles. The molecule has 0 N–H and O–H groups in total. The normalized spacial score (nSPS) is 27.7. The number of hydrogen-bond donors (Lipinski definition) is 0. The standard InChI is InChI=1S/C19H28N2O5/c1-18(2,3)15-14(23-12-13-10-8-7-9-11-13)16(22)20(15)21-24-17(25-26-21)19(4,5)6/h7-11,14-15,17H,12H2,1-6H3/t14-,15-,17?/m0/s1. The van der Waals surface area contributed by atoms with Crippen LogP contribution < -0.4 is 0 Å². The second kappa shape index (κ2) is 6.90. The van der Waals surface area contributed by atoms with E-state index < -0.39 is 12.4 Å². The first kappa shape index (κ1) is 19.3. The summed E-state index contributed by atoms with van der Waals surface area (Å²) in [6.07, 6.45) is -1.16. The van der Waals surface area contributed by atoms with E-state index in [1.165, 1.54) is 5.01 Å². The van der Waals surface area contributed by atoms with Crippen LogP contribution in [0.3, 0.4) is 0 Å². The van der Waals surface area contributed by atoms with Crippen LogP contribution >= 0.6 is 0 Å². The number of rotatable bonds is 4. The van der Waals surface area contributed by atoms with Gasteiger partial charge in [-0.15, -0.1) is 0 Å². The number of nitrogens with zero attached hydrogens (tertiary/aromatic N) is 2. The van der Waals surface area contributed by atoms with Crippen molar-refractivity contribution in [3.63, 3.8) is 0 Å². The molecule has 0 saturated carbocycles. The topological polar surface area (TPSA) is 60.5 Å². The van der Waals surface area contributed by atoms with Crippen molar-refractivity contribution in [2.24, 2.45) is 10.8 Å². The van der Waals surface area contributed by atoms with Crippen molar-refractivity contribution in [1.82, 2.24) is 10.3 Å².